The van der Waals surface area contributed by atoms with Crippen molar-refractivity contribution in [1.82, 2.24) is 14.5 Å². The van der Waals surface area contributed by atoms with Gasteiger partial charge in [-0.3, -0.25) is 9.69 Å². The van der Waals surface area contributed by atoms with Gasteiger partial charge in [-0.1, -0.05) is 0 Å². The summed E-state index contributed by atoms with van der Waals surface area (Å²) in [6.07, 6.45) is 0.821. The molecule has 0 spiro atoms. The SMILES string of the molecule is CCOc1ccc(S(=O)(=O)N(C)CC(=O)NCCCN2CCOCC2)cc1. The van der Waals surface area contributed by atoms with Gasteiger partial charge in [-0.25, -0.2) is 8.42 Å². The van der Waals surface area contributed by atoms with Crippen LogP contribution in [0, 0.1) is 0 Å². The van der Waals surface area contributed by atoms with E-state index in [-0.39, 0.29) is 17.3 Å². The van der Waals surface area contributed by atoms with Gasteiger partial charge in [-0.05, 0) is 44.2 Å². The van der Waals surface area contributed by atoms with Crippen molar-refractivity contribution < 1.29 is 22.7 Å². The molecule has 0 aliphatic carbocycles. The van der Waals surface area contributed by atoms with Gasteiger partial charge in [0.05, 0.1) is 31.3 Å². The molecule has 1 saturated heterocycles. The van der Waals surface area contributed by atoms with Crippen molar-refractivity contribution in [3.05, 3.63) is 24.3 Å². The molecule has 1 aromatic carbocycles. The van der Waals surface area contributed by atoms with E-state index in [2.05, 4.69) is 10.2 Å². The Balaban J connectivity index is 1.76. The quantitative estimate of drug-likeness (QED) is 0.578. The topological polar surface area (TPSA) is 88.2 Å². The first-order valence-electron chi connectivity index (χ1n) is 9.19. The van der Waals surface area contributed by atoms with Crippen molar-refractivity contribution in [1.29, 1.82) is 0 Å². The second-order valence-electron chi connectivity index (χ2n) is 6.32. The number of hydrogen-bond acceptors (Lipinski definition) is 6. The molecule has 1 heterocycles. The number of nitrogens with zero attached hydrogens (tertiary/aromatic N) is 2. The predicted molar refractivity (Wildman–Crippen MR) is 102 cm³/mol. The van der Waals surface area contributed by atoms with Crippen LogP contribution >= 0.6 is 0 Å². The minimum absolute atomic E-state index is 0.133. The van der Waals surface area contributed by atoms with E-state index >= 15 is 0 Å². The summed E-state index contributed by atoms with van der Waals surface area (Å²) in [6.45, 7) is 6.90. The summed E-state index contributed by atoms with van der Waals surface area (Å²) >= 11 is 0. The van der Waals surface area contributed by atoms with Gasteiger partial charge in [0.25, 0.3) is 0 Å². The van der Waals surface area contributed by atoms with Gasteiger partial charge in [0, 0.05) is 26.7 Å². The first-order chi connectivity index (χ1) is 12.9. The molecule has 1 fully saturated rings. The summed E-state index contributed by atoms with van der Waals surface area (Å²) < 4.78 is 36.8. The molecule has 9 heteroatoms. The van der Waals surface area contributed by atoms with Crippen LogP contribution in [-0.4, -0.2) is 83.1 Å². The summed E-state index contributed by atoms with van der Waals surface area (Å²) in [4.78, 5) is 14.5. The van der Waals surface area contributed by atoms with E-state index in [0.29, 0.717) is 18.9 Å². The molecule has 0 aromatic heterocycles. The van der Waals surface area contributed by atoms with Gasteiger partial charge in [0.2, 0.25) is 15.9 Å². The first kappa shape index (κ1) is 21.6. The van der Waals surface area contributed by atoms with Crippen LogP contribution in [0.1, 0.15) is 13.3 Å². The minimum Gasteiger partial charge on any atom is -0.494 e. The van der Waals surface area contributed by atoms with Crippen LogP contribution in [0.5, 0.6) is 5.75 Å². The number of benzene rings is 1. The number of likely N-dealkylation sites (N-methyl/N-ethyl adjacent to an activating group) is 1. The zero-order valence-electron chi connectivity index (χ0n) is 16.0. The van der Waals surface area contributed by atoms with Crippen molar-refractivity contribution >= 4 is 15.9 Å². The second kappa shape index (κ2) is 10.6. The zero-order valence-corrected chi connectivity index (χ0v) is 16.8. The van der Waals surface area contributed by atoms with E-state index < -0.39 is 10.0 Å². The van der Waals surface area contributed by atoms with E-state index in [4.69, 9.17) is 9.47 Å². The van der Waals surface area contributed by atoms with Gasteiger partial charge in [0.1, 0.15) is 5.75 Å². The Hall–Kier alpha value is -1.68. The first-order valence-corrected chi connectivity index (χ1v) is 10.6. The number of ether oxygens (including phenoxy) is 2. The lowest BCUT2D eigenvalue weighted by molar-refractivity contribution is -0.121. The molecule has 2 rings (SSSR count). The molecule has 0 saturated carbocycles. The van der Waals surface area contributed by atoms with Gasteiger partial charge >= 0.3 is 0 Å². The highest BCUT2D eigenvalue weighted by Crippen LogP contribution is 2.18. The van der Waals surface area contributed by atoms with Gasteiger partial charge in [-0.2, -0.15) is 4.31 Å². The average Bonchev–Trinajstić information content (AvgIpc) is 2.67. The van der Waals surface area contributed by atoms with E-state index in [0.717, 1.165) is 43.6 Å². The molecule has 1 aliphatic heterocycles. The van der Waals surface area contributed by atoms with Crippen molar-refractivity contribution in [2.24, 2.45) is 0 Å². The molecule has 1 amide bonds. The Bertz CT molecular complexity index is 687. The molecule has 27 heavy (non-hydrogen) atoms. The minimum atomic E-state index is -3.72. The fraction of sp³-hybridized carbons (Fsp3) is 0.611. The van der Waals surface area contributed by atoms with Crippen LogP contribution in [0.25, 0.3) is 0 Å². The number of amides is 1. The van der Waals surface area contributed by atoms with Crippen LogP contribution < -0.4 is 10.1 Å². The Kier molecular flexibility index (Phi) is 8.49. The molecule has 0 radical (unpaired) electrons. The lowest BCUT2D eigenvalue weighted by atomic mass is 10.3. The number of rotatable bonds is 10. The fourth-order valence-corrected chi connectivity index (χ4v) is 3.88. The third-order valence-corrected chi connectivity index (χ3v) is 6.10. The number of nitrogens with one attached hydrogen (secondary N) is 1. The van der Waals surface area contributed by atoms with Crippen LogP contribution in [0.2, 0.25) is 0 Å². The maximum Gasteiger partial charge on any atom is 0.243 e. The van der Waals surface area contributed by atoms with Crippen molar-refractivity contribution in [3.8, 4) is 5.75 Å². The molecule has 8 nitrogen and oxygen atoms in total. The molecular weight excluding hydrogens is 370 g/mol. The third kappa shape index (κ3) is 6.76. The highest BCUT2D eigenvalue weighted by molar-refractivity contribution is 7.89. The predicted octanol–water partition coefficient (Wildman–Crippen LogP) is 0.544. The highest BCUT2D eigenvalue weighted by Gasteiger charge is 2.23. The number of carbonyl (C=O) groups is 1. The normalized spacial score (nSPS) is 15.7. The van der Waals surface area contributed by atoms with E-state index in [1.807, 2.05) is 6.92 Å². The molecule has 1 aromatic rings. The summed E-state index contributed by atoms with van der Waals surface area (Å²) in [6, 6.07) is 6.18. The van der Waals surface area contributed by atoms with Crippen LogP contribution in [0.3, 0.4) is 0 Å². The average molecular weight is 400 g/mol. The molecular formula is C18H29N3O5S. The van der Waals surface area contributed by atoms with E-state index in [9.17, 15) is 13.2 Å². The van der Waals surface area contributed by atoms with Gasteiger partial charge < -0.3 is 14.8 Å². The van der Waals surface area contributed by atoms with Crippen molar-refractivity contribution in [3.63, 3.8) is 0 Å². The molecule has 0 unspecified atom stereocenters. The second-order valence-corrected chi connectivity index (χ2v) is 8.37. The van der Waals surface area contributed by atoms with E-state index in [1.54, 1.807) is 12.1 Å². The summed E-state index contributed by atoms with van der Waals surface area (Å²) in [5, 5.41) is 2.78. The molecule has 1 aliphatic rings. The summed E-state index contributed by atoms with van der Waals surface area (Å²) in [5.74, 6) is 0.297. The summed E-state index contributed by atoms with van der Waals surface area (Å²) in [5.41, 5.74) is 0. The fourth-order valence-electron chi connectivity index (χ4n) is 2.75. The lowest BCUT2D eigenvalue weighted by Gasteiger charge is -2.26. The molecule has 0 bridgehead atoms. The van der Waals surface area contributed by atoms with Crippen molar-refractivity contribution in [2.75, 3.05) is 59.6 Å². The molecule has 0 atom stereocenters. The third-order valence-electron chi connectivity index (χ3n) is 4.29. The Labute approximate surface area is 161 Å². The van der Waals surface area contributed by atoms with Crippen LogP contribution in [0.4, 0.5) is 0 Å². The number of hydrogen-bond donors (Lipinski definition) is 1. The largest absolute Gasteiger partial charge is 0.494 e. The zero-order chi connectivity index (χ0) is 19.7. The Morgan fingerprint density at radius 2 is 1.93 bits per heavy atom. The highest BCUT2D eigenvalue weighted by atomic mass is 32.2. The number of sulfonamides is 1. The van der Waals surface area contributed by atoms with Crippen LogP contribution in [0.15, 0.2) is 29.2 Å². The lowest BCUT2D eigenvalue weighted by Crippen LogP contribution is -2.40. The monoisotopic (exact) mass is 399 g/mol. The van der Waals surface area contributed by atoms with E-state index in [1.165, 1.54) is 19.2 Å². The maximum absolute atomic E-state index is 12.6. The maximum atomic E-state index is 12.6. The number of carbonyl (C=O) groups excluding carboxylic acids is 1. The smallest absolute Gasteiger partial charge is 0.243 e. The van der Waals surface area contributed by atoms with Gasteiger partial charge in [0.15, 0.2) is 0 Å². The van der Waals surface area contributed by atoms with Crippen molar-refractivity contribution in [2.45, 2.75) is 18.2 Å². The Morgan fingerprint density at radius 3 is 2.56 bits per heavy atom. The number of morpholine rings is 1. The van der Waals surface area contributed by atoms with Crippen LogP contribution in [-0.2, 0) is 19.6 Å². The van der Waals surface area contributed by atoms with Gasteiger partial charge in [-0.15, -0.1) is 0 Å². The molecule has 152 valence electrons. The standard InChI is InChI=1S/C18H29N3O5S/c1-3-26-16-5-7-17(8-6-16)27(23,24)20(2)15-18(22)19-9-4-10-21-11-13-25-14-12-21/h5-8H,3-4,9-15H2,1-2H3,(H,19,22). The Morgan fingerprint density at radius 1 is 1.26 bits per heavy atom. The summed E-state index contributed by atoms with van der Waals surface area (Å²) in [7, 11) is -2.32. The molecule has 1 N–H and O–H groups in total.